The van der Waals surface area contributed by atoms with E-state index in [9.17, 15) is 9.90 Å². The molecule has 0 aliphatic rings. The van der Waals surface area contributed by atoms with Gasteiger partial charge >= 0.3 is 0 Å². The van der Waals surface area contributed by atoms with Crippen LogP contribution in [-0.4, -0.2) is 10.9 Å². The Morgan fingerprint density at radius 1 is 1.21 bits per heavy atom. The van der Waals surface area contributed by atoms with Gasteiger partial charge in [-0.1, -0.05) is 48.0 Å². The monoisotopic (exact) mass is 272 g/mol. The lowest BCUT2D eigenvalue weighted by Crippen LogP contribution is -1.96. The van der Waals surface area contributed by atoms with Crippen molar-refractivity contribution in [2.24, 2.45) is 0 Å². The van der Waals surface area contributed by atoms with Crippen LogP contribution in [0, 0.1) is 6.92 Å². The minimum absolute atomic E-state index is 0.0513. The summed E-state index contributed by atoms with van der Waals surface area (Å²) in [7, 11) is 0. The first-order valence-electron chi connectivity index (χ1n) is 5.84. The van der Waals surface area contributed by atoms with Crippen molar-refractivity contribution in [2.45, 2.75) is 6.92 Å². The second kappa shape index (κ2) is 5.72. The van der Waals surface area contributed by atoms with Crippen molar-refractivity contribution in [1.82, 2.24) is 0 Å². The number of hydrogen-bond donors (Lipinski definition) is 1. The molecule has 2 nitrogen and oxygen atoms in total. The molecule has 0 saturated carbocycles. The fourth-order valence-electron chi connectivity index (χ4n) is 1.69. The average molecular weight is 273 g/mol. The van der Waals surface area contributed by atoms with Crippen molar-refractivity contribution < 1.29 is 9.90 Å². The van der Waals surface area contributed by atoms with Crippen LogP contribution < -0.4 is 0 Å². The number of hydrogen-bond acceptors (Lipinski definition) is 2. The molecule has 0 saturated heterocycles. The number of ketones is 1. The van der Waals surface area contributed by atoms with Crippen molar-refractivity contribution in [3.63, 3.8) is 0 Å². The third-order valence-corrected chi connectivity index (χ3v) is 3.18. The molecule has 0 aliphatic carbocycles. The normalized spacial score (nSPS) is 10.8. The zero-order valence-electron chi connectivity index (χ0n) is 10.4. The Hall–Kier alpha value is -2.06. The summed E-state index contributed by atoms with van der Waals surface area (Å²) in [6.07, 6.45) is 3.13. The van der Waals surface area contributed by atoms with Gasteiger partial charge in [0.1, 0.15) is 5.75 Å². The zero-order chi connectivity index (χ0) is 13.8. The van der Waals surface area contributed by atoms with Gasteiger partial charge in [0.25, 0.3) is 0 Å². The third-order valence-electron chi connectivity index (χ3n) is 2.77. The summed E-state index contributed by atoms with van der Waals surface area (Å²) in [5.41, 5.74) is 1.87. The summed E-state index contributed by atoms with van der Waals surface area (Å²) in [6, 6.07) is 12.5. The molecule has 0 spiro atoms. The van der Waals surface area contributed by atoms with Gasteiger partial charge in [-0.15, -0.1) is 0 Å². The van der Waals surface area contributed by atoms with Crippen LogP contribution in [0.3, 0.4) is 0 Å². The molecule has 0 amide bonds. The lowest BCUT2D eigenvalue weighted by atomic mass is 10.1. The smallest absolute Gasteiger partial charge is 0.189 e. The highest BCUT2D eigenvalue weighted by atomic mass is 35.5. The van der Waals surface area contributed by atoms with Gasteiger partial charge in [-0.3, -0.25) is 4.79 Å². The number of carbonyl (C=O) groups is 1. The van der Waals surface area contributed by atoms with Crippen LogP contribution in [0.2, 0.25) is 5.02 Å². The highest BCUT2D eigenvalue weighted by Gasteiger charge is 2.10. The lowest BCUT2D eigenvalue weighted by molar-refractivity contribution is 0.104. The summed E-state index contributed by atoms with van der Waals surface area (Å²) in [6.45, 7) is 1.77. The van der Waals surface area contributed by atoms with E-state index in [1.165, 1.54) is 18.2 Å². The number of benzene rings is 2. The van der Waals surface area contributed by atoms with Gasteiger partial charge in [0.15, 0.2) is 5.78 Å². The van der Waals surface area contributed by atoms with E-state index in [2.05, 4.69) is 0 Å². The number of allylic oxidation sites excluding steroid dienone is 1. The SMILES string of the molecule is Cc1cc(O)c(C(=O)/C=C/c2ccccc2)cc1Cl. The molecule has 3 heteroatoms. The molecule has 0 bridgehead atoms. The zero-order valence-corrected chi connectivity index (χ0v) is 11.2. The number of carbonyl (C=O) groups excluding carboxylic acids is 1. The van der Waals surface area contributed by atoms with Crippen LogP contribution in [0.15, 0.2) is 48.5 Å². The molecule has 0 aliphatic heterocycles. The van der Waals surface area contributed by atoms with Gasteiger partial charge in [-0.2, -0.15) is 0 Å². The molecular formula is C16H13ClO2. The Morgan fingerprint density at radius 2 is 1.89 bits per heavy atom. The molecule has 0 radical (unpaired) electrons. The second-order valence-corrected chi connectivity index (χ2v) is 4.63. The standard InChI is InChI=1S/C16H13ClO2/c1-11-9-16(19)13(10-14(11)17)15(18)8-7-12-5-3-2-4-6-12/h2-10,19H,1H3/b8-7+. The number of phenolic OH excluding ortho intramolecular Hbond substituents is 1. The van der Waals surface area contributed by atoms with Crippen LogP contribution in [0.25, 0.3) is 6.08 Å². The van der Waals surface area contributed by atoms with Gasteiger partial charge in [0, 0.05) is 5.02 Å². The quantitative estimate of drug-likeness (QED) is 0.670. The first-order valence-corrected chi connectivity index (χ1v) is 6.22. The predicted molar refractivity (Wildman–Crippen MR) is 77.7 cm³/mol. The van der Waals surface area contributed by atoms with Crippen LogP contribution >= 0.6 is 11.6 Å². The van der Waals surface area contributed by atoms with E-state index in [0.29, 0.717) is 5.02 Å². The largest absolute Gasteiger partial charge is 0.507 e. The van der Waals surface area contributed by atoms with E-state index in [4.69, 9.17) is 11.6 Å². The van der Waals surface area contributed by atoms with Crippen LogP contribution in [0.5, 0.6) is 5.75 Å². The van der Waals surface area contributed by atoms with Gasteiger partial charge in [0.05, 0.1) is 5.56 Å². The molecule has 2 rings (SSSR count). The summed E-state index contributed by atoms with van der Waals surface area (Å²) >= 11 is 5.96. The molecule has 0 aromatic heterocycles. The van der Waals surface area contributed by atoms with Crippen molar-refractivity contribution in [2.75, 3.05) is 0 Å². The van der Waals surface area contributed by atoms with E-state index < -0.39 is 0 Å². The fraction of sp³-hybridized carbons (Fsp3) is 0.0625. The van der Waals surface area contributed by atoms with Gasteiger partial charge in [-0.05, 0) is 36.3 Å². The molecular weight excluding hydrogens is 260 g/mol. The first-order chi connectivity index (χ1) is 9.08. The molecule has 0 atom stereocenters. The van der Waals surface area contributed by atoms with E-state index >= 15 is 0 Å². The Balaban J connectivity index is 2.26. The highest BCUT2D eigenvalue weighted by molar-refractivity contribution is 6.32. The van der Waals surface area contributed by atoms with E-state index in [1.807, 2.05) is 30.3 Å². The van der Waals surface area contributed by atoms with Gasteiger partial charge in [-0.25, -0.2) is 0 Å². The summed E-state index contributed by atoms with van der Waals surface area (Å²) in [5, 5.41) is 10.2. The first kappa shape index (κ1) is 13.4. The van der Waals surface area contributed by atoms with E-state index in [0.717, 1.165) is 11.1 Å². The predicted octanol–water partition coefficient (Wildman–Crippen LogP) is 4.25. The van der Waals surface area contributed by atoms with Crippen molar-refractivity contribution >= 4 is 23.5 Å². The Labute approximate surface area is 117 Å². The number of rotatable bonds is 3. The number of halogens is 1. The summed E-state index contributed by atoms with van der Waals surface area (Å²) in [5.74, 6) is -0.326. The maximum atomic E-state index is 12.0. The maximum Gasteiger partial charge on any atom is 0.189 e. The minimum Gasteiger partial charge on any atom is -0.507 e. The molecule has 0 unspecified atom stereocenters. The maximum absolute atomic E-state index is 12.0. The third kappa shape index (κ3) is 3.24. The fourth-order valence-corrected chi connectivity index (χ4v) is 1.85. The van der Waals surface area contributed by atoms with Crippen molar-refractivity contribution in [3.8, 4) is 5.75 Å². The van der Waals surface area contributed by atoms with E-state index in [1.54, 1.807) is 13.0 Å². The molecule has 2 aromatic rings. The van der Waals surface area contributed by atoms with Crippen LogP contribution in [0.4, 0.5) is 0 Å². The van der Waals surface area contributed by atoms with E-state index in [-0.39, 0.29) is 17.1 Å². The molecule has 0 fully saturated rings. The number of aromatic hydroxyl groups is 1. The number of aryl methyl sites for hydroxylation is 1. The van der Waals surface area contributed by atoms with Crippen LogP contribution in [0.1, 0.15) is 21.5 Å². The van der Waals surface area contributed by atoms with Crippen LogP contribution in [-0.2, 0) is 0 Å². The average Bonchev–Trinajstić information content (AvgIpc) is 2.41. The van der Waals surface area contributed by atoms with Crippen molar-refractivity contribution in [3.05, 3.63) is 70.3 Å². The molecule has 19 heavy (non-hydrogen) atoms. The molecule has 96 valence electrons. The molecule has 0 heterocycles. The Morgan fingerprint density at radius 3 is 2.58 bits per heavy atom. The van der Waals surface area contributed by atoms with Gasteiger partial charge in [0.2, 0.25) is 0 Å². The van der Waals surface area contributed by atoms with Crippen molar-refractivity contribution in [1.29, 1.82) is 0 Å². The highest BCUT2D eigenvalue weighted by Crippen LogP contribution is 2.26. The molecule has 2 aromatic carbocycles. The number of phenols is 1. The summed E-state index contributed by atoms with van der Waals surface area (Å²) in [4.78, 5) is 12.0. The van der Waals surface area contributed by atoms with Gasteiger partial charge < -0.3 is 5.11 Å². The lowest BCUT2D eigenvalue weighted by Gasteiger charge is -2.04. The Kier molecular flexibility index (Phi) is 4.03. The second-order valence-electron chi connectivity index (χ2n) is 4.23. The Bertz CT molecular complexity index is 631. The molecule has 1 N–H and O–H groups in total. The topological polar surface area (TPSA) is 37.3 Å². The minimum atomic E-state index is -0.275. The summed E-state index contributed by atoms with van der Waals surface area (Å²) < 4.78 is 0.